The molecule has 0 atom stereocenters. The van der Waals surface area contributed by atoms with Gasteiger partial charge in [0.25, 0.3) is 0 Å². The third-order valence-electron chi connectivity index (χ3n) is 2.09. The smallest absolute Gasteiger partial charge is 0.0625 e. The number of nitrogens with zero attached hydrogens (tertiary/aromatic N) is 1. The monoisotopic (exact) mass is 203 g/mol. The molecule has 1 heteroatoms. The van der Waals surface area contributed by atoms with Crippen LogP contribution < -0.4 is 0 Å². The summed E-state index contributed by atoms with van der Waals surface area (Å²) in [6.07, 6.45) is 17.9. The zero-order valence-electron chi connectivity index (χ0n) is 9.49. The molecule has 1 nitrogen and oxygen atoms in total. The Kier molecular flexibility index (Phi) is 11.6. The van der Waals surface area contributed by atoms with Gasteiger partial charge in [-0.15, -0.1) is 6.58 Å². The molecule has 0 unspecified atom stereocenters. The highest BCUT2D eigenvalue weighted by molar-refractivity contribution is 5.02. The minimum absolute atomic E-state index is 0.617. The van der Waals surface area contributed by atoms with Crippen LogP contribution >= 0.6 is 0 Å². The Labute approximate surface area is 93.8 Å². The van der Waals surface area contributed by atoms with Crippen molar-refractivity contribution in [3.8, 4) is 6.07 Å². The van der Waals surface area contributed by atoms with Crippen LogP contribution in [0.1, 0.15) is 44.9 Å². The molecule has 15 heavy (non-hydrogen) atoms. The summed E-state index contributed by atoms with van der Waals surface area (Å²) in [5, 5.41) is 8.30. The number of hydrogen-bond donors (Lipinski definition) is 0. The van der Waals surface area contributed by atoms with Crippen molar-refractivity contribution < 1.29 is 0 Å². The van der Waals surface area contributed by atoms with Gasteiger partial charge in [0.15, 0.2) is 0 Å². The maximum absolute atomic E-state index is 8.30. The Morgan fingerprint density at radius 1 is 0.933 bits per heavy atom. The fraction of sp³-hybridized carbons (Fsp3) is 0.500. The lowest BCUT2D eigenvalue weighted by Crippen LogP contribution is -1.73. The van der Waals surface area contributed by atoms with E-state index in [2.05, 4.69) is 24.8 Å². The summed E-state index contributed by atoms with van der Waals surface area (Å²) >= 11 is 0. The molecule has 0 fully saturated rings. The third-order valence-corrected chi connectivity index (χ3v) is 2.09. The summed E-state index contributed by atoms with van der Waals surface area (Å²) in [4.78, 5) is 0. The minimum atomic E-state index is 0.617. The molecule has 0 aliphatic carbocycles. The highest BCUT2D eigenvalue weighted by atomic mass is 14.2. The lowest BCUT2D eigenvalue weighted by atomic mass is 10.1. The van der Waals surface area contributed by atoms with Gasteiger partial charge in [0, 0.05) is 6.42 Å². The van der Waals surface area contributed by atoms with Gasteiger partial charge in [-0.3, -0.25) is 0 Å². The van der Waals surface area contributed by atoms with E-state index in [1.807, 2.05) is 18.2 Å². The topological polar surface area (TPSA) is 23.8 Å². The second-order valence-electron chi connectivity index (χ2n) is 3.48. The molecule has 0 aromatic carbocycles. The van der Waals surface area contributed by atoms with Crippen LogP contribution in [0.4, 0.5) is 0 Å². The van der Waals surface area contributed by atoms with E-state index in [0.717, 1.165) is 19.3 Å². The molecule has 0 heterocycles. The summed E-state index contributed by atoms with van der Waals surface area (Å²) < 4.78 is 0. The number of unbranched alkanes of at least 4 members (excludes halogenated alkanes) is 5. The Bertz CT molecular complexity index is 230. The molecular weight excluding hydrogens is 182 g/mol. The maximum atomic E-state index is 8.30. The summed E-state index contributed by atoms with van der Waals surface area (Å²) in [6, 6.07) is 2.12. The first-order valence-corrected chi connectivity index (χ1v) is 5.71. The van der Waals surface area contributed by atoms with E-state index < -0.39 is 0 Å². The van der Waals surface area contributed by atoms with Crippen LogP contribution in [0.2, 0.25) is 0 Å². The zero-order chi connectivity index (χ0) is 11.2. The molecule has 0 saturated heterocycles. The SMILES string of the molecule is C=CCCCCC/C=C/C=C/CCC#N. The van der Waals surface area contributed by atoms with Crippen molar-refractivity contribution in [1.82, 2.24) is 0 Å². The second kappa shape index (κ2) is 12.7. The van der Waals surface area contributed by atoms with Gasteiger partial charge < -0.3 is 0 Å². The molecule has 0 aromatic heterocycles. The van der Waals surface area contributed by atoms with E-state index in [9.17, 15) is 0 Å². The number of allylic oxidation sites excluding steroid dienone is 5. The molecule has 0 aromatic rings. The lowest BCUT2D eigenvalue weighted by molar-refractivity contribution is 0.696. The Morgan fingerprint density at radius 3 is 2.27 bits per heavy atom. The van der Waals surface area contributed by atoms with Gasteiger partial charge in [-0.05, 0) is 32.1 Å². The Balaban J connectivity index is 3.20. The number of hydrogen-bond acceptors (Lipinski definition) is 1. The number of nitriles is 1. The van der Waals surface area contributed by atoms with Gasteiger partial charge in [-0.1, -0.05) is 36.8 Å². The van der Waals surface area contributed by atoms with Gasteiger partial charge in [0.2, 0.25) is 0 Å². The van der Waals surface area contributed by atoms with Crippen molar-refractivity contribution in [3.63, 3.8) is 0 Å². The van der Waals surface area contributed by atoms with Crippen LogP contribution in [0.5, 0.6) is 0 Å². The minimum Gasteiger partial charge on any atom is -0.198 e. The summed E-state index contributed by atoms with van der Waals surface area (Å²) in [5.41, 5.74) is 0. The van der Waals surface area contributed by atoms with E-state index in [4.69, 9.17) is 5.26 Å². The molecule has 0 radical (unpaired) electrons. The Hall–Kier alpha value is -1.29. The molecule has 0 rings (SSSR count). The molecular formula is C14H21N. The molecule has 0 spiro atoms. The average molecular weight is 203 g/mol. The van der Waals surface area contributed by atoms with Gasteiger partial charge in [-0.25, -0.2) is 0 Å². The fourth-order valence-electron chi connectivity index (χ4n) is 1.23. The van der Waals surface area contributed by atoms with Crippen molar-refractivity contribution in [2.45, 2.75) is 44.9 Å². The van der Waals surface area contributed by atoms with Crippen molar-refractivity contribution in [2.75, 3.05) is 0 Å². The molecule has 0 bridgehead atoms. The third kappa shape index (κ3) is 12.7. The predicted molar refractivity (Wildman–Crippen MR) is 66.4 cm³/mol. The largest absolute Gasteiger partial charge is 0.198 e. The maximum Gasteiger partial charge on any atom is 0.0625 e. The fourth-order valence-corrected chi connectivity index (χ4v) is 1.23. The predicted octanol–water partition coefficient (Wildman–Crippen LogP) is 4.54. The molecule has 0 N–H and O–H groups in total. The standard InChI is InChI=1S/C14H21N/c1-2-3-4-5-6-7-8-9-10-11-12-13-14-15/h2,8-11H,1,3-7,12-13H2/b9-8+,11-10+. The quantitative estimate of drug-likeness (QED) is 0.306. The normalized spacial score (nSPS) is 10.9. The average Bonchev–Trinajstić information content (AvgIpc) is 2.26. The molecule has 0 saturated carbocycles. The molecule has 82 valence electrons. The number of rotatable bonds is 9. The lowest BCUT2D eigenvalue weighted by Gasteiger charge is -1.93. The molecule has 0 amide bonds. The molecule has 0 aliphatic rings. The summed E-state index contributed by atoms with van der Waals surface area (Å²) in [7, 11) is 0. The summed E-state index contributed by atoms with van der Waals surface area (Å²) in [5.74, 6) is 0. The van der Waals surface area contributed by atoms with Gasteiger partial charge in [0.05, 0.1) is 6.07 Å². The van der Waals surface area contributed by atoms with Crippen LogP contribution in [0, 0.1) is 11.3 Å². The van der Waals surface area contributed by atoms with Gasteiger partial charge >= 0.3 is 0 Å². The van der Waals surface area contributed by atoms with E-state index in [1.165, 1.54) is 19.3 Å². The Morgan fingerprint density at radius 2 is 1.60 bits per heavy atom. The highest BCUT2D eigenvalue weighted by Gasteiger charge is 1.84. The van der Waals surface area contributed by atoms with E-state index in [0.29, 0.717) is 6.42 Å². The molecule has 0 aliphatic heterocycles. The van der Waals surface area contributed by atoms with Crippen molar-refractivity contribution in [3.05, 3.63) is 37.0 Å². The van der Waals surface area contributed by atoms with Crippen LogP contribution in [-0.4, -0.2) is 0 Å². The van der Waals surface area contributed by atoms with Crippen molar-refractivity contribution in [1.29, 1.82) is 5.26 Å². The first-order chi connectivity index (χ1) is 7.41. The zero-order valence-corrected chi connectivity index (χ0v) is 9.49. The van der Waals surface area contributed by atoms with Crippen LogP contribution in [-0.2, 0) is 0 Å². The summed E-state index contributed by atoms with van der Waals surface area (Å²) in [6.45, 7) is 3.70. The van der Waals surface area contributed by atoms with Crippen LogP contribution in [0.3, 0.4) is 0 Å². The first kappa shape index (κ1) is 13.7. The van der Waals surface area contributed by atoms with Crippen LogP contribution in [0.25, 0.3) is 0 Å². The van der Waals surface area contributed by atoms with E-state index in [1.54, 1.807) is 0 Å². The van der Waals surface area contributed by atoms with Gasteiger partial charge in [0.1, 0.15) is 0 Å². The van der Waals surface area contributed by atoms with E-state index in [-0.39, 0.29) is 0 Å². The van der Waals surface area contributed by atoms with Crippen molar-refractivity contribution >= 4 is 0 Å². The first-order valence-electron chi connectivity index (χ1n) is 5.71. The van der Waals surface area contributed by atoms with E-state index >= 15 is 0 Å². The second-order valence-corrected chi connectivity index (χ2v) is 3.48. The van der Waals surface area contributed by atoms with Crippen molar-refractivity contribution in [2.24, 2.45) is 0 Å². The van der Waals surface area contributed by atoms with Crippen LogP contribution in [0.15, 0.2) is 37.0 Å². The van der Waals surface area contributed by atoms with Gasteiger partial charge in [-0.2, -0.15) is 5.26 Å². The highest BCUT2D eigenvalue weighted by Crippen LogP contribution is 2.03.